The number of hydrogen-bond donors (Lipinski definition) is 3. The van der Waals surface area contributed by atoms with Gasteiger partial charge in [0.25, 0.3) is 0 Å². The first-order valence-corrected chi connectivity index (χ1v) is 10.3. The van der Waals surface area contributed by atoms with E-state index >= 15 is 0 Å². The monoisotopic (exact) mass is 433 g/mol. The van der Waals surface area contributed by atoms with Crippen LogP contribution in [0.3, 0.4) is 0 Å². The van der Waals surface area contributed by atoms with Crippen LogP contribution in [0.5, 0.6) is 0 Å². The van der Waals surface area contributed by atoms with E-state index in [4.69, 9.17) is 4.42 Å². The van der Waals surface area contributed by atoms with Crippen LogP contribution in [0.15, 0.2) is 71.3 Å². The minimum atomic E-state index is -0.970. The Labute approximate surface area is 184 Å². The number of amides is 3. The summed E-state index contributed by atoms with van der Waals surface area (Å²) in [5.74, 6) is -0.958. The third-order valence-corrected chi connectivity index (χ3v) is 5.25. The van der Waals surface area contributed by atoms with Gasteiger partial charge in [0.2, 0.25) is 5.91 Å². The molecule has 0 radical (unpaired) electrons. The van der Waals surface area contributed by atoms with Gasteiger partial charge in [-0.05, 0) is 42.3 Å². The number of nitrogens with zero attached hydrogens (tertiary/aromatic N) is 1. The summed E-state index contributed by atoms with van der Waals surface area (Å²) in [5, 5.41) is 15.3. The van der Waals surface area contributed by atoms with Crippen LogP contribution in [-0.2, 0) is 14.4 Å². The molecule has 8 nitrogen and oxygen atoms in total. The van der Waals surface area contributed by atoms with Crippen molar-refractivity contribution in [3.8, 4) is 11.3 Å². The minimum absolute atomic E-state index is 0.0393. The Balaban J connectivity index is 1.30. The Bertz CT molecular complexity index is 1110. The fraction of sp³-hybridized carbons (Fsp3) is 0.208. The molecule has 2 aromatic carbocycles. The highest BCUT2D eigenvalue weighted by Crippen LogP contribution is 2.24. The summed E-state index contributed by atoms with van der Waals surface area (Å²) in [7, 11) is 0. The van der Waals surface area contributed by atoms with Gasteiger partial charge in [0.05, 0.1) is 12.4 Å². The zero-order valence-electron chi connectivity index (χ0n) is 17.3. The lowest BCUT2D eigenvalue weighted by atomic mass is 10.1. The zero-order valence-corrected chi connectivity index (χ0v) is 17.3. The average Bonchev–Trinajstić information content (AvgIpc) is 3.49. The normalized spacial score (nSPS) is 14.3. The Morgan fingerprint density at radius 2 is 1.88 bits per heavy atom. The second-order valence-corrected chi connectivity index (χ2v) is 7.48. The summed E-state index contributed by atoms with van der Waals surface area (Å²) in [6, 6.07) is 17.5. The van der Waals surface area contributed by atoms with Crippen molar-refractivity contribution in [2.24, 2.45) is 0 Å². The number of hydrogen-bond acceptors (Lipinski definition) is 5. The van der Waals surface area contributed by atoms with Gasteiger partial charge in [-0.1, -0.05) is 30.3 Å². The van der Waals surface area contributed by atoms with E-state index < -0.39 is 17.9 Å². The van der Waals surface area contributed by atoms with Gasteiger partial charge in [-0.2, -0.15) is 0 Å². The second kappa shape index (κ2) is 9.49. The fourth-order valence-corrected chi connectivity index (χ4v) is 3.56. The summed E-state index contributed by atoms with van der Waals surface area (Å²) in [6.07, 6.45) is 1.92. The molecule has 1 aromatic heterocycles. The van der Waals surface area contributed by atoms with Crippen LogP contribution < -0.4 is 15.5 Å². The summed E-state index contributed by atoms with van der Waals surface area (Å²) in [6.45, 7) is 0.520. The minimum Gasteiger partial charge on any atom is -0.464 e. The smallest absolute Gasteiger partial charge is 0.313 e. The number of aliphatic hydroxyl groups excluding tert-OH is 1. The number of aliphatic hydroxyl groups is 1. The molecule has 1 fully saturated rings. The van der Waals surface area contributed by atoms with Gasteiger partial charge in [0, 0.05) is 36.4 Å². The first-order chi connectivity index (χ1) is 15.5. The lowest BCUT2D eigenvalue weighted by Gasteiger charge is -2.17. The molecule has 3 N–H and O–H groups in total. The van der Waals surface area contributed by atoms with Crippen LogP contribution >= 0.6 is 0 Å². The van der Waals surface area contributed by atoms with E-state index in [-0.39, 0.29) is 12.5 Å². The van der Waals surface area contributed by atoms with E-state index in [9.17, 15) is 19.5 Å². The number of anilines is 2. The summed E-state index contributed by atoms with van der Waals surface area (Å²) in [5.41, 5.74) is 2.56. The summed E-state index contributed by atoms with van der Waals surface area (Å²) in [4.78, 5) is 38.0. The lowest BCUT2D eigenvalue weighted by molar-refractivity contribution is -0.136. The van der Waals surface area contributed by atoms with Gasteiger partial charge in [-0.15, -0.1) is 0 Å². The fourth-order valence-electron chi connectivity index (χ4n) is 3.56. The molecule has 1 atom stereocenters. The molecular weight excluding hydrogens is 410 g/mol. The first-order valence-electron chi connectivity index (χ1n) is 10.3. The van der Waals surface area contributed by atoms with Gasteiger partial charge in [0.15, 0.2) is 0 Å². The molecule has 1 aliphatic rings. The summed E-state index contributed by atoms with van der Waals surface area (Å²) < 4.78 is 5.33. The molecule has 0 unspecified atom stereocenters. The molecule has 2 heterocycles. The second-order valence-electron chi connectivity index (χ2n) is 7.48. The van der Waals surface area contributed by atoms with Gasteiger partial charge in [0.1, 0.15) is 5.76 Å². The topological polar surface area (TPSA) is 112 Å². The predicted molar refractivity (Wildman–Crippen MR) is 119 cm³/mol. The molecule has 8 heteroatoms. The molecule has 0 spiro atoms. The van der Waals surface area contributed by atoms with E-state index in [1.165, 1.54) is 0 Å². The molecule has 1 saturated heterocycles. The zero-order chi connectivity index (χ0) is 22.5. The van der Waals surface area contributed by atoms with Crippen LogP contribution in [0.25, 0.3) is 11.3 Å². The van der Waals surface area contributed by atoms with Crippen molar-refractivity contribution in [1.82, 2.24) is 5.32 Å². The molecule has 4 rings (SSSR count). The molecule has 0 aliphatic carbocycles. The molecule has 32 heavy (non-hydrogen) atoms. The number of rotatable bonds is 6. The van der Waals surface area contributed by atoms with Crippen molar-refractivity contribution in [3.05, 3.63) is 72.5 Å². The highest BCUT2D eigenvalue weighted by molar-refractivity contribution is 6.39. The molecule has 164 valence electrons. The Morgan fingerprint density at radius 1 is 1.06 bits per heavy atom. The van der Waals surface area contributed by atoms with Crippen LogP contribution in [0, 0.1) is 0 Å². The van der Waals surface area contributed by atoms with Crippen LogP contribution in [0.2, 0.25) is 0 Å². The number of nitrogens with one attached hydrogen (secondary N) is 2. The van der Waals surface area contributed by atoms with Crippen molar-refractivity contribution in [2.45, 2.75) is 18.9 Å². The molecule has 0 bridgehead atoms. The average molecular weight is 433 g/mol. The SMILES string of the molecule is O=C(NC[C@@H](O)c1ccc(-c2ccco2)cc1)C(=O)Nc1cccc(N2CCCC2=O)c1. The maximum Gasteiger partial charge on any atom is 0.313 e. The van der Waals surface area contributed by atoms with Crippen LogP contribution in [-0.4, -0.2) is 35.9 Å². The van der Waals surface area contributed by atoms with E-state index in [1.807, 2.05) is 18.2 Å². The van der Waals surface area contributed by atoms with Crippen molar-refractivity contribution in [2.75, 3.05) is 23.3 Å². The molecule has 0 saturated carbocycles. The highest BCUT2D eigenvalue weighted by atomic mass is 16.3. The van der Waals surface area contributed by atoms with Gasteiger partial charge in [-0.3, -0.25) is 14.4 Å². The third-order valence-electron chi connectivity index (χ3n) is 5.25. The van der Waals surface area contributed by atoms with Crippen LogP contribution in [0.1, 0.15) is 24.5 Å². The maximum atomic E-state index is 12.2. The van der Waals surface area contributed by atoms with E-state index in [1.54, 1.807) is 53.6 Å². The highest BCUT2D eigenvalue weighted by Gasteiger charge is 2.22. The van der Waals surface area contributed by atoms with Crippen molar-refractivity contribution >= 4 is 29.1 Å². The molecule has 3 amide bonds. The number of carbonyl (C=O) groups excluding carboxylic acids is 3. The van der Waals surface area contributed by atoms with Gasteiger partial charge in [-0.25, -0.2) is 0 Å². The maximum absolute atomic E-state index is 12.2. The molecule has 3 aromatic rings. The molecule has 1 aliphatic heterocycles. The van der Waals surface area contributed by atoms with Crippen molar-refractivity contribution in [1.29, 1.82) is 0 Å². The largest absolute Gasteiger partial charge is 0.464 e. The van der Waals surface area contributed by atoms with Gasteiger partial charge < -0.3 is 25.1 Å². The summed E-state index contributed by atoms with van der Waals surface area (Å²) >= 11 is 0. The van der Waals surface area contributed by atoms with Crippen molar-refractivity contribution in [3.63, 3.8) is 0 Å². The van der Waals surface area contributed by atoms with E-state index in [0.717, 1.165) is 12.0 Å². The quantitative estimate of drug-likeness (QED) is 0.518. The van der Waals surface area contributed by atoms with Gasteiger partial charge >= 0.3 is 11.8 Å². The van der Waals surface area contributed by atoms with Crippen molar-refractivity contribution < 1.29 is 23.9 Å². The predicted octanol–water partition coefficient (Wildman–Crippen LogP) is 2.86. The van der Waals surface area contributed by atoms with Crippen LogP contribution in [0.4, 0.5) is 11.4 Å². The number of carbonyl (C=O) groups is 3. The lowest BCUT2D eigenvalue weighted by Crippen LogP contribution is -2.37. The third kappa shape index (κ3) is 4.87. The van der Waals surface area contributed by atoms with E-state index in [0.29, 0.717) is 35.7 Å². The molecular formula is C24H23N3O5. The Morgan fingerprint density at radius 3 is 2.56 bits per heavy atom. The number of benzene rings is 2. The van der Waals surface area contributed by atoms with E-state index in [2.05, 4.69) is 10.6 Å². The number of furan rings is 1. The Kier molecular flexibility index (Phi) is 6.32. The Hall–Kier alpha value is -3.91. The standard InChI is InChI=1S/C24H23N3O5/c28-20(16-8-10-17(11-9-16)21-6-3-13-32-21)15-25-23(30)24(31)26-18-4-1-5-19(14-18)27-12-2-7-22(27)29/h1,3-6,8-11,13-14,20,28H,2,7,12,15H2,(H,25,30)(H,26,31)/t20-/m1/s1. The first kappa shape index (κ1) is 21.3.